The fourth-order valence-electron chi connectivity index (χ4n) is 3.17. The molecule has 0 bridgehead atoms. The van der Waals surface area contributed by atoms with Crippen molar-refractivity contribution in [2.75, 3.05) is 6.54 Å². The van der Waals surface area contributed by atoms with Crippen LogP contribution in [0.4, 0.5) is 0 Å². The summed E-state index contributed by atoms with van der Waals surface area (Å²) in [7, 11) is 1.96. The van der Waals surface area contributed by atoms with Gasteiger partial charge in [-0.05, 0) is 49.6 Å². The van der Waals surface area contributed by atoms with Crippen LogP contribution in [0.3, 0.4) is 0 Å². The third-order valence-corrected chi connectivity index (χ3v) is 4.15. The highest BCUT2D eigenvalue weighted by Gasteiger charge is 2.24. The van der Waals surface area contributed by atoms with Crippen molar-refractivity contribution in [3.8, 4) is 5.75 Å². The van der Waals surface area contributed by atoms with E-state index in [1.807, 2.05) is 18.7 Å². The maximum Gasteiger partial charge on any atom is 0.130 e. The molecule has 1 aromatic heterocycles. The molecule has 1 aromatic carbocycles. The Hall–Kier alpha value is -1.81. The van der Waals surface area contributed by atoms with Crippen LogP contribution in [0.15, 0.2) is 24.3 Å². The van der Waals surface area contributed by atoms with Gasteiger partial charge in [0.1, 0.15) is 12.4 Å². The van der Waals surface area contributed by atoms with Gasteiger partial charge in [-0.2, -0.15) is 5.10 Å². The summed E-state index contributed by atoms with van der Waals surface area (Å²) >= 11 is 0. The molecule has 1 N–H and O–H groups in total. The van der Waals surface area contributed by atoms with E-state index in [-0.39, 0.29) is 0 Å². The average Bonchev–Trinajstić information content (AvgIpc) is 3.01. The van der Waals surface area contributed by atoms with Crippen LogP contribution in [0.5, 0.6) is 5.75 Å². The first kappa shape index (κ1) is 14.1. The molecule has 0 spiro atoms. The highest BCUT2D eigenvalue weighted by Crippen LogP contribution is 2.37. The zero-order valence-electron chi connectivity index (χ0n) is 13.0. The summed E-state index contributed by atoms with van der Waals surface area (Å²) in [6, 6.07) is 8.95. The molecular formula is C17H23N3O. The number of ether oxygens (including phenoxy) is 1. The van der Waals surface area contributed by atoms with Crippen molar-refractivity contribution in [3.63, 3.8) is 0 Å². The second-order valence-corrected chi connectivity index (χ2v) is 5.66. The number of aromatic nitrogens is 2. The number of hydrogen-bond donors (Lipinski definition) is 1. The van der Waals surface area contributed by atoms with E-state index in [1.54, 1.807) is 0 Å². The summed E-state index contributed by atoms with van der Waals surface area (Å²) in [5.41, 5.74) is 4.89. The van der Waals surface area contributed by atoms with Gasteiger partial charge in [-0.15, -0.1) is 0 Å². The van der Waals surface area contributed by atoms with Gasteiger partial charge >= 0.3 is 0 Å². The van der Waals surface area contributed by atoms with Gasteiger partial charge < -0.3 is 10.1 Å². The van der Waals surface area contributed by atoms with E-state index < -0.39 is 0 Å². The molecule has 0 fully saturated rings. The van der Waals surface area contributed by atoms with Crippen LogP contribution in [-0.2, 0) is 20.1 Å². The molecule has 21 heavy (non-hydrogen) atoms. The molecule has 1 unspecified atom stereocenters. The molecule has 2 aromatic rings. The van der Waals surface area contributed by atoms with Crippen LogP contribution in [0.2, 0.25) is 0 Å². The van der Waals surface area contributed by atoms with Crippen molar-refractivity contribution >= 4 is 0 Å². The zero-order chi connectivity index (χ0) is 14.8. The molecule has 4 nitrogen and oxygen atoms in total. The molecule has 0 radical (unpaired) electrons. The molecule has 1 atom stereocenters. The maximum atomic E-state index is 6.07. The van der Waals surface area contributed by atoms with Crippen LogP contribution in [-0.4, -0.2) is 16.3 Å². The van der Waals surface area contributed by atoms with Crippen molar-refractivity contribution in [2.24, 2.45) is 7.05 Å². The van der Waals surface area contributed by atoms with E-state index >= 15 is 0 Å². The fourth-order valence-corrected chi connectivity index (χ4v) is 3.17. The van der Waals surface area contributed by atoms with Crippen LogP contribution in [0.1, 0.15) is 41.9 Å². The number of fused-ring (bicyclic) bond motifs is 1. The SMILES string of the molecule is CCNC1CCc2c(OCc3cc(C)nn3C)cccc21. The highest BCUT2D eigenvalue weighted by molar-refractivity contribution is 5.45. The molecule has 4 heteroatoms. The second kappa shape index (κ2) is 5.90. The molecule has 0 amide bonds. The number of aryl methyl sites for hydroxylation is 2. The lowest BCUT2D eigenvalue weighted by atomic mass is 10.1. The molecule has 112 valence electrons. The molecule has 0 saturated carbocycles. The normalized spacial score (nSPS) is 17.0. The van der Waals surface area contributed by atoms with E-state index in [0.29, 0.717) is 12.6 Å². The Morgan fingerprint density at radius 2 is 2.29 bits per heavy atom. The maximum absolute atomic E-state index is 6.07. The van der Waals surface area contributed by atoms with E-state index in [1.165, 1.54) is 11.1 Å². The molecule has 0 aliphatic heterocycles. The predicted octanol–water partition coefficient (Wildman–Crippen LogP) is 2.90. The minimum absolute atomic E-state index is 0.479. The monoisotopic (exact) mass is 285 g/mol. The van der Waals surface area contributed by atoms with Crippen molar-refractivity contribution < 1.29 is 4.74 Å². The minimum atomic E-state index is 0.479. The molecular weight excluding hydrogens is 262 g/mol. The first-order chi connectivity index (χ1) is 10.2. The smallest absolute Gasteiger partial charge is 0.130 e. The molecule has 1 heterocycles. The van der Waals surface area contributed by atoms with Gasteiger partial charge in [0.2, 0.25) is 0 Å². The first-order valence-electron chi connectivity index (χ1n) is 7.66. The topological polar surface area (TPSA) is 39.1 Å². The van der Waals surface area contributed by atoms with Crippen LogP contribution in [0, 0.1) is 6.92 Å². The van der Waals surface area contributed by atoms with Crippen LogP contribution in [0.25, 0.3) is 0 Å². The largest absolute Gasteiger partial charge is 0.487 e. The fraction of sp³-hybridized carbons (Fsp3) is 0.471. The number of rotatable bonds is 5. The van der Waals surface area contributed by atoms with Crippen molar-refractivity contribution in [2.45, 2.75) is 39.3 Å². The number of hydrogen-bond acceptors (Lipinski definition) is 3. The Labute approximate surface area is 126 Å². The van der Waals surface area contributed by atoms with Gasteiger partial charge in [0, 0.05) is 13.1 Å². The second-order valence-electron chi connectivity index (χ2n) is 5.66. The van der Waals surface area contributed by atoms with Crippen LogP contribution >= 0.6 is 0 Å². The van der Waals surface area contributed by atoms with E-state index in [0.717, 1.165) is 36.5 Å². The van der Waals surface area contributed by atoms with E-state index in [4.69, 9.17) is 4.74 Å². The standard InChI is InChI=1S/C17H23N3O/c1-4-18-16-9-8-15-14(16)6-5-7-17(15)21-11-13-10-12(2)19-20(13)3/h5-7,10,16,18H,4,8-9,11H2,1-3H3. The molecule has 1 aliphatic carbocycles. The number of nitrogens with one attached hydrogen (secondary N) is 1. The quantitative estimate of drug-likeness (QED) is 0.918. The minimum Gasteiger partial charge on any atom is -0.487 e. The molecule has 0 saturated heterocycles. The number of benzene rings is 1. The summed E-state index contributed by atoms with van der Waals surface area (Å²) in [4.78, 5) is 0. The van der Waals surface area contributed by atoms with E-state index in [2.05, 4.69) is 41.6 Å². The van der Waals surface area contributed by atoms with Gasteiger partial charge in [-0.1, -0.05) is 19.1 Å². The van der Waals surface area contributed by atoms with Gasteiger partial charge in [-0.3, -0.25) is 4.68 Å². The lowest BCUT2D eigenvalue weighted by Gasteiger charge is -2.14. The van der Waals surface area contributed by atoms with Crippen molar-refractivity contribution in [1.29, 1.82) is 0 Å². The lowest BCUT2D eigenvalue weighted by Crippen LogP contribution is -2.18. The number of nitrogens with zero attached hydrogens (tertiary/aromatic N) is 2. The van der Waals surface area contributed by atoms with Gasteiger partial charge in [0.15, 0.2) is 0 Å². The van der Waals surface area contributed by atoms with E-state index in [9.17, 15) is 0 Å². The average molecular weight is 285 g/mol. The Morgan fingerprint density at radius 3 is 3.00 bits per heavy atom. The Kier molecular flexibility index (Phi) is 3.97. The van der Waals surface area contributed by atoms with Crippen molar-refractivity contribution in [1.82, 2.24) is 15.1 Å². The predicted molar refractivity (Wildman–Crippen MR) is 83.5 cm³/mol. The third kappa shape index (κ3) is 2.81. The van der Waals surface area contributed by atoms with Crippen molar-refractivity contribution in [3.05, 3.63) is 46.8 Å². The Balaban J connectivity index is 1.77. The summed E-state index contributed by atoms with van der Waals surface area (Å²) in [5.74, 6) is 1.02. The first-order valence-corrected chi connectivity index (χ1v) is 7.66. The summed E-state index contributed by atoms with van der Waals surface area (Å²) in [6.45, 7) is 5.73. The summed E-state index contributed by atoms with van der Waals surface area (Å²) in [5, 5.41) is 7.90. The summed E-state index contributed by atoms with van der Waals surface area (Å²) in [6.07, 6.45) is 2.25. The molecule has 3 rings (SSSR count). The van der Waals surface area contributed by atoms with Gasteiger partial charge in [-0.25, -0.2) is 0 Å². The Bertz CT molecular complexity index is 633. The Morgan fingerprint density at radius 1 is 1.43 bits per heavy atom. The van der Waals surface area contributed by atoms with Gasteiger partial charge in [0.25, 0.3) is 0 Å². The molecule has 1 aliphatic rings. The van der Waals surface area contributed by atoms with Crippen LogP contribution < -0.4 is 10.1 Å². The third-order valence-electron chi connectivity index (χ3n) is 4.15. The van der Waals surface area contributed by atoms with Gasteiger partial charge in [0.05, 0.1) is 11.4 Å². The summed E-state index contributed by atoms with van der Waals surface area (Å²) < 4.78 is 7.96. The lowest BCUT2D eigenvalue weighted by molar-refractivity contribution is 0.292. The zero-order valence-corrected chi connectivity index (χ0v) is 13.0. The highest BCUT2D eigenvalue weighted by atomic mass is 16.5.